The second-order valence-electron chi connectivity index (χ2n) is 10.6. The zero-order chi connectivity index (χ0) is 29.7. The van der Waals surface area contributed by atoms with Crippen LogP contribution in [0.15, 0.2) is 72.8 Å². The van der Waals surface area contributed by atoms with E-state index in [0.29, 0.717) is 11.1 Å². The van der Waals surface area contributed by atoms with Crippen LogP contribution >= 0.6 is 11.8 Å². The molecule has 4 rings (SSSR count). The van der Waals surface area contributed by atoms with Gasteiger partial charge < -0.3 is 30.9 Å². The van der Waals surface area contributed by atoms with Crippen LogP contribution in [0.5, 0.6) is 11.5 Å². The second kappa shape index (κ2) is 12.7. The topological polar surface area (TPSA) is 139 Å². The average Bonchev–Trinajstić information content (AvgIpc) is 3.27. The zero-order valence-electron chi connectivity index (χ0n) is 23.2. The molecule has 41 heavy (non-hydrogen) atoms. The van der Waals surface area contributed by atoms with Crippen LogP contribution in [0.25, 0.3) is 0 Å². The number of phenols is 2. The summed E-state index contributed by atoms with van der Waals surface area (Å²) in [5, 5.41) is 36.9. The molecule has 0 radical (unpaired) electrons. The number of phenolic OH excluding ortho intramolecular Hbond substituents is 2. The van der Waals surface area contributed by atoms with Crippen LogP contribution in [-0.4, -0.2) is 66.8 Å². The summed E-state index contributed by atoms with van der Waals surface area (Å²) < 4.78 is -0.644. The number of amides is 3. The van der Waals surface area contributed by atoms with Crippen LogP contribution in [-0.2, 0) is 22.6 Å². The number of aromatic hydroxyl groups is 2. The first-order valence-electron chi connectivity index (χ1n) is 13.3. The number of nitrogens with one attached hydrogen (secondary N) is 2. The number of nitrogens with zero attached hydrogens (tertiary/aromatic N) is 1. The maximum Gasteiger partial charge on any atom is 0.254 e. The Labute approximate surface area is 243 Å². The Balaban J connectivity index is 1.55. The highest BCUT2D eigenvalue weighted by Gasteiger charge is 2.49. The molecule has 3 atom stereocenters. The van der Waals surface area contributed by atoms with Gasteiger partial charge in [-0.3, -0.25) is 14.4 Å². The first kappa shape index (κ1) is 30.0. The number of aliphatic hydroxyl groups is 1. The minimum absolute atomic E-state index is 0.0372. The third-order valence-electron chi connectivity index (χ3n) is 7.25. The van der Waals surface area contributed by atoms with Gasteiger partial charge in [-0.25, -0.2) is 0 Å². The van der Waals surface area contributed by atoms with Gasteiger partial charge in [0.2, 0.25) is 5.91 Å². The molecular formula is C31H35N3O6S. The number of thioether (sulfide) groups is 1. The van der Waals surface area contributed by atoms with Crippen LogP contribution in [0.4, 0.5) is 0 Å². The van der Waals surface area contributed by atoms with E-state index in [0.717, 1.165) is 5.56 Å². The van der Waals surface area contributed by atoms with Crippen molar-refractivity contribution in [2.75, 3.05) is 5.88 Å². The van der Waals surface area contributed by atoms with E-state index in [2.05, 4.69) is 10.6 Å². The maximum absolute atomic E-state index is 13.8. The third kappa shape index (κ3) is 7.01. The van der Waals surface area contributed by atoms with Crippen molar-refractivity contribution >= 4 is 29.5 Å². The number of carbonyl (C=O) groups excluding carboxylic acids is 3. The summed E-state index contributed by atoms with van der Waals surface area (Å²) in [6.45, 7) is 5.50. The van der Waals surface area contributed by atoms with Gasteiger partial charge in [0, 0.05) is 22.4 Å². The molecule has 216 valence electrons. The van der Waals surface area contributed by atoms with E-state index >= 15 is 0 Å². The van der Waals surface area contributed by atoms with Gasteiger partial charge in [-0.1, -0.05) is 48.5 Å². The van der Waals surface area contributed by atoms with Crippen molar-refractivity contribution in [3.63, 3.8) is 0 Å². The number of hydrogen-bond acceptors (Lipinski definition) is 7. The minimum atomic E-state index is -1.65. The van der Waals surface area contributed by atoms with Crippen molar-refractivity contribution in [2.45, 2.75) is 56.7 Å². The van der Waals surface area contributed by atoms with E-state index in [4.69, 9.17) is 0 Å². The monoisotopic (exact) mass is 577 g/mol. The van der Waals surface area contributed by atoms with Crippen LogP contribution in [0.3, 0.4) is 0 Å². The summed E-state index contributed by atoms with van der Waals surface area (Å²) in [4.78, 5) is 41.8. The number of benzene rings is 3. The predicted octanol–water partition coefficient (Wildman–Crippen LogP) is 3.10. The van der Waals surface area contributed by atoms with Gasteiger partial charge in [0.05, 0.1) is 11.9 Å². The number of aliphatic hydroxyl groups excluding tert-OH is 1. The molecule has 3 amide bonds. The van der Waals surface area contributed by atoms with Gasteiger partial charge >= 0.3 is 0 Å². The molecule has 1 fully saturated rings. The predicted molar refractivity (Wildman–Crippen MR) is 157 cm³/mol. The Morgan fingerprint density at radius 2 is 1.68 bits per heavy atom. The Morgan fingerprint density at radius 1 is 1.00 bits per heavy atom. The van der Waals surface area contributed by atoms with Gasteiger partial charge in [0.15, 0.2) is 6.10 Å². The maximum atomic E-state index is 13.8. The molecule has 0 aliphatic carbocycles. The van der Waals surface area contributed by atoms with Crippen molar-refractivity contribution < 1.29 is 29.7 Å². The quantitative estimate of drug-likeness (QED) is 0.263. The van der Waals surface area contributed by atoms with E-state index in [9.17, 15) is 29.7 Å². The van der Waals surface area contributed by atoms with E-state index in [-0.39, 0.29) is 41.8 Å². The van der Waals surface area contributed by atoms with E-state index in [1.165, 1.54) is 28.8 Å². The van der Waals surface area contributed by atoms with E-state index in [1.54, 1.807) is 37.3 Å². The van der Waals surface area contributed by atoms with Gasteiger partial charge in [-0.2, -0.15) is 0 Å². The number of hydrogen-bond donors (Lipinski definition) is 5. The molecule has 0 spiro atoms. The highest BCUT2D eigenvalue weighted by Crippen LogP contribution is 2.40. The summed E-state index contributed by atoms with van der Waals surface area (Å²) in [6, 6.07) is 18.4. The van der Waals surface area contributed by atoms with E-state index < -0.39 is 34.7 Å². The molecule has 0 aromatic heterocycles. The van der Waals surface area contributed by atoms with Gasteiger partial charge in [0.1, 0.15) is 17.5 Å². The lowest BCUT2D eigenvalue weighted by Crippen LogP contribution is -2.58. The molecular weight excluding hydrogens is 542 g/mol. The lowest BCUT2D eigenvalue weighted by Gasteiger charge is -2.33. The molecule has 9 nitrogen and oxygen atoms in total. The Kier molecular flexibility index (Phi) is 9.25. The molecule has 1 heterocycles. The fourth-order valence-electron chi connectivity index (χ4n) is 4.93. The summed E-state index contributed by atoms with van der Waals surface area (Å²) >= 11 is 1.42. The first-order chi connectivity index (χ1) is 19.5. The second-order valence-corrected chi connectivity index (χ2v) is 12.2. The van der Waals surface area contributed by atoms with Gasteiger partial charge in [0.25, 0.3) is 11.8 Å². The standard InChI is InChI=1S/C31H35N3O6S/c1-19-23(13-8-14-25(19)36)28(38)33-24(16-20-9-5-4-6-10-20)26(37)30(40)34-18-41-31(2,3)27(34)29(39)32-17-21-11-7-12-22(35)15-21/h4-15,24,26-27,35-37H,16-18H2,1-3H3,(H,32,39)(H,33,38). The van der Waals surface area contributed by atoms with Gasteiger partial charge in [-0.15, -0.1) is 11.8 Å². The van der Waals surface area contributed by atoms with Crippen LogP contribution in [0.2, 0.25) is 0 Å². The Bertz CT molecular complexity index is 1410. The molecule has 10 heteroatoms. The molecule has 0 bridgehead atoms. The van der Waals surface area contributed by atoms with Crippen LogP contribution in [0, 0.1) is 6.92 Å². The molecule has 1 aliphatic heterocycles. The SMILES string of the molecule is Cc1c(O)cccc1C(=O)NC(Cc1ccccc1)C(O)C(=O)N1CSC(C)(C)C1C(=O)NCc1cccc(O)c1. The zero-order valence-corrected chi connectivity index (χ0v) is 24.0. The third-order valence-corrected chi connectivity index (χ3v) is 8.63. The fraction of sp³-hybridized carbons (Fsp3) is 0.323. The lowest BCUT2D eigenvalue weighted by molar-refractivity contribution is -0.147. The summed E-state index contributed by atoms with van der Waals surface area (Å²) in [5.74, 6) is -1.36. The smallest absolute Gasteiger partial charge is 0.254 e. The molecule has 0 saturated carbocycles. The highest BCUT2D eigenvalue weighted by molar-refractivity contribution is 8.00. The van der Waals surface area contributed by atoms with Crippen molar-refractivity contribution in [1.82, 2.24) is 15.5 Å². The highest BCUT2D eigenvalue weighted by atomic mass is 32.2. The molecule has 3 aromatic rings. The van der Waals surface area contributed by atoms with Gasteiger partial charge in [-0.05, 0) is 62.6 Å². The average molecular weight is 578 g/mol. The molecule has 1 aliphatic rings. The largest absolute Gasteiger partial charge is 0.508 e. The van der Waals surface area contributed by atoms with E-state index in [1.807, 2.05) is 44.2 Å². The van der Waals surface area contributed by atoms with Crippen molar-refractivity contribution in [3.05, 3.63) is 95.1 Å². The van der Waals surface area contributed by atoms with Crippen LogP contribution < -0.4 is 10.6 Å². The fourth-order valence-corrected chi connectivity index (χ4v) is 6.07. The molecule has 3 unspecified atom stereocenters. The Hall–Kier alpha value is -4.02. The molecule has 1 saturated heterocycles. The Morgan fingerprint density at radius 3 is 2.39 bits per heavy atom. The normalized spacial score (nSPS) is 17.5. The minimum Gasteiger partial charge on any atom is -0.508 e. The van der Waals surface area contributed by atoms with Crippen molar-refractivity contribution in [3.8, 4) is 11.5 Å². The number of rotatable bonds is 9. The van der Waals surface area contributed by atoms with Crippen molar-refractivity contribution in [2.24, 2.45) is 0 Å². The number of carbonyl (C=O) groups is 3. The summed E-state index contributed by atoms with van der Waals surface area (Å²) in [6.07, 6.45) is -1.48. The van der Waals surface area contributed by atoms with Crippen molar-refractivity contribution in [1.29, 1.82) is 0 Å². The summed E-state index contributed by atoms with van der Waals surface area (Å²) in [7, 11) is 0. The van der Waals surface area contributed by atoms with Crippen LogP contribution in [0.1, 0.15) is 40.9 Å². The molecule has 3 aromatic carbocycles. The first-order valence-corrected chi connectivity index (χ1v) is 14.3. The summed E-state index contributed by atoms with van der Waals surface area (Å²) in [5.41, 5.74) is 2.11. The lowest BCUT2D eigenvalue weighted by atomic mass is 9.96. The molecule has 5 N–H and O–H groups in total.